The van der Waals surface area contributed by atoms with E-state index >= 15 is 0 Å². The molecule has 0 atom stereocenters. The molecule has 0 unspecified atom stereocenters. The van der Waals surface area contributed by atoms with E-state index in [1.54, 1.807) is 0 Å². The van der Waals surface area contributed by atoms with Crippen LogP contribution in [-0.4, -0.2) is 79.9 Å². The van der Waals surface area contributed by atoms with E-state index in [1.807, 2.05) is 0 Å². The second-order valence-electron chi connectivity index (χ2n) is 8.00. The van der Waals surface area contributed by atoms with Crippen LogP contribution in [0.2, 0.25) is 0 Å². The van der Waals surface area contributed by atoms with Crippen LogP contribution < -0.4 is 0 Å². The van der Waals surface area contributed by atoms with Crippen LogP contribution >= 0.6 is 0 Å². The van der Waals surface area contributed by atoms with Crippen LogP contribution in [0.1, 0.15) is 40.5 Å². The highest BCUT2D eigenvalue weighted by Crippen LogP contribution is 2.15. The van der Waals surface area contributed by atoms with E-state index in [0.29, 0.717) is 6.10 Å². The maximum atomic E-state index is 6.17. The molecular weight excluding hydrogens is 274 g/mol. The Morgan fingerprint density at radius 3 is 1.68 bits per heavy atom. The van der Waals surface area contributed by atoms with E-state index in [1.165, 1.54) is 65.2 Å². The lowest BCUT2D eigenvalue weighted by molar-refractivity contribution is -0.0602. The SMILES string of the molecule is CC(C)CN1CCC(OCN2CCN(CC(C)C)CC2)CC1. The molecule has 22 heavy (non-hydrogen) atoms. The number of rotatable bonds is 7. The van der Waals surface area contributed by atoms with Crippen LogP contribution in [0.4, 0.5) is 0 Å². The average Bonchev–Trinajstić information content (AvgIpc) is 2.47. The molecule has 2 rings (SSSR count). The molecule has 0 spiro atoms. The molecule has 0 aliphatic carbocycles. The number of piperazine rings is 1. The fraction of sp³-hybridized carbons (Fsp3) is 1.00. The Morgan fingerprint density at radius 1 is 0.727 bits per heavy atom. The average molecular weight is 312 g/mol. The van der Waals surface area contributed by atoms with E-state index in [-0.39, 0.29) is 0 Å². The smallest absolute Gasteiger partial charge is 0.0994 e. The molecule has 2 heterocycles. The minimum Gasteiger partial charge on any atom is -0.363 e. The zero-order valence-corrected chi connectivity index (χ0v) is 15.3. The second-order valence-corrected chi connectivity index (χ2v) is 8.00. The molecule has 2 fully saturated rings. The first-order valence-corrected chi connectivity index (χ1v) is 9.31. The van der Waals surface area contributed by atoms with E-state index in [2.05, 4.69) is 42.4 Å². The van der Waals surface area contributed by atoms with Gasteiger partial charge < -0.3 is 14.5 Å². The van der Waals surface area contributed by atoms with Gasteiger partial charge in [0.25, 0.3) is 0 Å². The highest BCUT2D eigenvalue weighted by Gasteiger charge is 2.22. The summed E-state index contributed by atoms with van der Waals surface area (Å²) in [5.74, 6) is 1.55. The molecule has 0 N–H and O–H groups in total. The topological polar surface area (TPSA) is 19.0 Å². The van der Waals surface area contributed by atoms with Gasteiger partial charge in [0.2, 0.25) is 0 Å². The third kappa shape index (κ3) is 6.53. The predicted octanol–water partition coefficient (Wildman–Crippen LogP) is 2.35. The summed E-state index contributed by atoms with van der Waals surface area (Å²) >= 11 is 0. The Labute approximate surface area is 137 Å². The molecular formula is C18H37N3O. The minimum absolute atomic E-state index is 0.483. The van der Waals surface area contributed by atoms with E-state index in [0.717, 1.165) is 18.6 Å². The van der Waals surface area contributed by atoms with Gasteiger partial charge in [0, 0.05) is 52.4 Å². The maximum Gasteiger partial charge on any atom is 0.0994 e. The molecule has 0 aromatic carbocycles. The molecule has 4 heteroatoms. The molecule has 0 aromatic rings. The zero-order chi connectivity index (χ0) is 15.9. The maximum absolute atomic E-state index is 6.17. The first-order valence-electron chi connectivity index (χ1n) is 9.31. The fourth-order valence-electron chi connectivity index (χ4n) is 3.60. The molecule has 2 aliphatic rings. The van der Waals surface area contributed by atoms with Crippen LogP contribution in [0, 0.1) is 11.8 Å². The van der Waals surface area contributed by atoms with Gasteiger partial charge in [-0.3, -0.25) is 4.90 Å². The Kier molecular flexibility index (Phi) is 7.61. The van der Waals surface area contributed by atoms with Crippen molar-refractivity contribution < 1.29 is 4.74 Å². The number of ether oxygens (including phenoxy) is 1. The molecule has 0 saturated carbocycles. The van der Waals surface area contributed by atoms with Gasteiger partial charge in [0.15, 0.2) is 0 Å². The summed E-state index contributed by atoms with van der Waals surface area (Å²) in [6.45, 7) is 19.7. The molecule has 0 aromatic heterocycles. The van der Waals surface area contributed by atoms with Gasteiger partial charge in [0.05, 0.1) is 12.8 Å². The van der Waals surface area contributed by atoms with Gasteiger partial charge in [-0.15, -0.1) is 0 Å². The van der Waals surface area contributed by atoms with E-state index < -0.39 is 0 Å². The van der Waals surface area contributed by atoms with Crippen LogP contribution in [0.3, 0.4) is 0 Å². The van der Waals surface area contributed by atoms with Gasteiger partial charge in [-0.1, -0.05) is 27.7 Å². The van der Waals surface area contributed by atoms with E-state index in [4.69, 9.17) is 4.74 Å². The highest BCUT2D eigenvalue weighted by atomic mass is 16.5. The summed E-state index contributed by atoms with van der Waals surface area (Å²) in [5.41, 5.74) is 0. The third-order valence-electron chi connectivity index (χ3n) is 4.74. The van der Waals surface area contributed by atoms with Gasteiger partial charge in [-0.05, 0) is 24.7 Å². The fourth-order valence-corrected chi connectivity index (χ4v) is 3.60. The number of likely N-dealkylation sites (tertiary alicyclic amines) is 1. The number of nitrogens with zero attached hydrogens (tertiary/aromatic N) is 3. The highest BCUT2D eigenvalue weighted by molar-refractivity contribution is 4.75. The summed E-state index contributed by atoms with van der Waals surface area (Å²) in [4.78, 5) is 7.66. The van der Waals surface area contributed by atoms with Gasteiger partial charge in [-0.25, -0.2) is 0 Å². The van der Waals surface area contributed by atoms with E-state index in [9.17, 15) is 0 Å². The molecule has 0 amide bonds. The Balaban J connectivity index is 1.56. The summed E-state index contributed by atoms with van der Waals surface area (Å²) in [6, 6.07) is 0. The monoisotopic (exact) mass is 311 g/mol. The van der Waals surface area contributed by atoms with Crippen LogP contribution in [0.25, 0.3) is 0 Å². The molecule has 130 valence electrons. The van der Waals surface area contributed by atoms with Crippen molar-refractivity contribution in [2.45, 2.75) is 46.6 Å². The Morgan fingerprint density at radius 2 is 1.18 bits per heavy atom. The van der Waals surface area contributed by atoms with Crippen molar-refractivity contribution in [3.05, 3.63) is 0 Å². The minimum atomic E-state index is 0.483. The van der Waals surface area contributed by atoms with Gasteiger partial charge >= 0.3 is 0 Å². The molecule has 0 radical (unpaired) electrons. The molecule has 2 aliphatic heterocycles. The number of hydrogen-bond donors (Lipinski definition) is 0. The lowest BCUT2D eigenvalue weighted by atomic mass is 10.1. The number of piperidine rings is 1. The van der Waals surface area contributed by atoms with Crippen molar-refractivity contribution in [3.8, 4) is 0 Å². The van der Waals surface area contributed by atoms with Crippen molar-refractivity contribution >= 4 is 0 Å². The summed E-state index contributed by atoms with van der Waals surface area (Å²) in [5, 5.41) is 0. The quantitative estimate of drug-likeness (QED) is 0.718. The lowest BCUT2D eigenvalue weighted by Crippen LogP contribution is -2.48. The van der Waals surface area contributed by atoms with Crippen LogP contribution in [0.15, 0.2) is 0 Å². The largest absolute Gasteiger partial charge is 0.363 e. The molecule has 0 bridgehead atoms. The summed E-state index contributed by atoms with van der Waals surface area (Å²) < 4.78 is 6.17. The van der Waals surface area contributed by atoms with Gasteiger partial charge in [0.1, 0.15) is 0 Å². The first kappa shape index (κ1) is 18.2. The van der Waals surface area contributed by atoms with Crippen molar-refractivity contribution in [1.29, 1.82) is 0 Å². The summed E-state index contributed by atoms with van der Waals surface area (Å²) in [6.07, 6.45) is 2.90. The third-order valence-corrected chi connectivity index (χ3v) is 4.74. The van der Waals surface area contributed by atoms with Crippen molar-refractivity contribution in [2.24, 2.45) is 11.8 Å². The Hall–Kier alpha value is -0.160. The number of hydrogen-bond acceptors (Lipinski definition) is 4. The zero-order valence-electron chi connectivity index (χ0n) is 15.3. The second kappa shape index (κ2) is 9.21. The normalized spacial score (nSPS) is 23.7. The van der Waals surface area contributed by atoms with Crippen LogP contribution in [-0.2, 0) is 4.74 Å². The standard InChI is InChI=1S/C18H37N3O/c1-16(2)13-19-7-5-18(6-8-19)22-15-21-11-9-20(10-12-21)14-17(3)4/h16-18H,5-15H2,1-4H3. The summed E-state index contributed by atoms with van der Waals surface area (Å²) in [7, 11) is 0. The van der Waals surface area contributed by atoms with Crippen molar-refractivity contribution in [1.82, 2.24) is 14.7 Å². The first-order chi connectivity index (χ1) is 10.5. The predicted molar refractivity (Wildman–Crippen MR) is 93.1 cm³/mol. The van der Waals surface area contributed by atoms with Crippen molar-refractivity contribution in [3.63, 3.8) is 0 Å². The van der Waals surface area contributed by atoms with Crippen LogP contribution in [0.5, 0.6) is 0 Å². The van der Waals surface area contributed by atoms with Crippen molar-refractivity contribution in [2.75, 3.05) is 59.1 Å². The lowest BCUT2D eigenvalue weighted by Gasteiger charge is -2.37. The molecule has 4 nitrogen and oxygen atoms in total. The van der Waals surface area contributed by atoms with Gasteiger partial charge in [-0.2, -0.15) is 0 Å². The Bertz CT molecular complexity index is 263. The molecule has 2 saturated heterocycles.